The van der Waals surface area contributed by atoms with Crippen molar-refractivity contribution in [3.05, 3.63) is 24.0 Å². The minimum Gasteiger partial charge on any atom is -0.549 e. The maximum atomic E-state index is 5.57. The van der Waals surface area contributed by atoms with Gasteiger partial charge >= 0.3 is 0 Å². The summed E-state index contributed by atoms with van der Waals surface area (Å²) in [5.74, 6) is 0. The first-order valence-corrected chi connectivity index (χ1v) is 7.34. The summed E-state index contributed by atoms with van der Waals surface area (Å²) in [6.07, 6.45) is 5.91. The Morgan fingerprint density at radius 3 is 2.18 bits per heavy atom. The Labute approximate surface area is 70.9 Å². The van der Waals surface area contributed by atoms with E-state index in [1.165, 1.54) is 5.57 Å². The molecule has 0 aromatic heterocycles. The predicted molar refractivity (Wildman–Crippen MR) is 53.0 cm³/mol. The van der Waals surface area contributed by atoms with Crippen LogP contribution in [0.25, 0.3) is 0 Å². The largest absolute Gasteiger partial charge is 0.549 e. The first-order chi connectivity index (χ1) is 4.95. The Morgan fingerprint density at radius 1 is 1.27 bits per heavy atom. The molecule has 0 saturated heterocycles. The predicted octanol–water partition coefficient (Wildman–Crippen LogP) is 3.32. The number of allylic oxidation sites excluding steroid dienone is 3. The minimum absolute atomic E-state index is 1.18. The van der Waals surface area contributed by atoms with Crippen LogP contribution in [0.4, 0.5) is 0 Å². The van der Waals surface area contributed by atoms with Crippen LogP contribution in [-0.2, 0) is 4.43 Å². The molecular formula is C9H18OSi. The van der Waals surface area contributed by atoms with Gasteiger partial charge in [0.1, 0.15) is 0 Å². The maximum absolute atomic E-state index is 5.57. The van der Waals surface area contributed by atoms with Crippen molar-refractivity contribution in [1.29, 1.82) is 0 Å². The average molecular weight is 170 g/mol. The molecule has 0 bridgehead atoms. The van der Waals surface area contributed by atoms with E-state index in [4.69, 9.17) is 4.43 Å². The fourth-order valence-corrected chi connectivity index (χ4v) is 1.11. The Morgan fingerprint density at radius 2 is 1.82 bits per heavy atom. The van der Waals surface area contributed by atoms with Crippen LogP contribution in [-0.4, -0.2) is 8.32 Å². The third-order valence-electron chi connectivity index (χ3n) is 1.03. The van der Waals surface area contributed by atoms with E-state index in [2.05, 4.69) is 19.6 Å². The summed E-state index contributed by atoms with van der Waals surface area (Å²) >= 11 is 0. The van der Waals surface area contributed by atoms with Crippen LogP contribution in [0.5, 0.6) is 0 Å². The van der Waals surface area contributed by atoms with E-state index in [0.717, 1.165) is 0 Å². The van der Waals surface area contributed by atoms with E-state index < -0.39 is 8.32 Å². The van der Waals surface area contributed by atoms with Crippen molar-refractivity contribution in [2.75, 3.05) is 0 Å². The highest BCUT2D eigenvalue weighted by molar-refractivity contribution is 6.69. The number of hydrogen-bond donors (Lipinski definition) is 0. The smallest absolute Gasteiger partial charge is 0.241 e. The van der Waals surface area contributed by atoms with Gasteiger partial charge in [0.15, 0.2) is 0 Å². The molecule has 0 aliphatic carbocycles. The number of rotatable bonds is 3. The summed E-state index contributed by atoms with van der Waals surface area (Å²) in [4.78, 5) is 0. The normalized spacial score (nSPS) is 14.1. The van der Waals surface area contributed by atoms with E-state index in [9.17, 15) is 0 Å². The Kier molecular flexibility index (Phi) is 4.19. The fourth-order valence-electron chi connectivity index (χ4n) is 0.572. The van der Waals surface area contributed by atoms with Gasteiger partial charge in [-0.2, -0.15) is 0 Å². The molecule has 0 amide bonds. The van der Waals surface area contributed by atoms with Gasteiger partial charge in [-0.15, -0.1) is 0 Å². The molecule has 2 heteroatoms. The van der Waals surface area contributed by atoms with Crippen LogP contribution in [0, 0.1) is 0 Å². The summed E-state index contributed by atoms with van der Waals surface area (Å²) < 4.78 is 5.57. The second-order valence-corrected chi connectivity index (χ2v) is 8.05. The average Bonchev–Trinajstić information content (AvgIpc) is 1.83. The monoisotopic (exact) mass is 170 g/mol. The van der Waals surface area contributed by atoms with Gasteiger partial charge < -0.3 is 4.43 Å². The van der Waals surface area contributed by atoms with E-state index in [1.54, 1.807) is 0 Å². The van der Waals surface area contributed by atoms with Crippen molar-refractivity contribution in [3.8, 4) is 0 Å². The van der Waals surface area contributed by atoms with Crippen molar-refractivity contribution in [1.82, 2.24) is 0 Å². The second kappa shape index (κ2) is 4.39. The Hall–Kier alpha value is -0.503. The zero-order chi connectivity index (χ0) is 8.91. The Bertz CT molecular complexity index is 163. The minimum atomic E-state index is -1.36. The van der Waals surface area contributed by atoms with E-state index in [-0.39, 0.29) is 0 Å². The highest BCUT2D eigenvalue weighted by atomic mass is 28.4. The van der Waals surface area contributed by atoms with Crippen LogP contribution in [0.15, 0.2) is 24.0 Å². The molecule has 11 heavy (non-hydrogen) atoms. The summed E-state index contributed by atoms with van der Waals surface area (Å²) in [6, 6.07) is 0. The van der Waals surface area contributed by atoms with Gasteiger partial charge in [0.25, 0.3) is 0 Å². The molecule has 0 atom stereocenters. The van der Waals surface area contributed by atoms with Crippen molar-refractivity contribution >= 4 is 8.32 Å². The fraction of sp³-hybridized carbons (Fsp3) is 0.556. The van der Waals surface area contributed by atoms with Gasteiger partial charge in [-0.05, 0) is 39.1 Å². The van der Waals surface area contributed by atoms with Crippen LogP contribution in [0.1, 0.15) is 13.8 Å². The van der Waals surface area contributed by atoms with E-state index >= 15 is 0 Å². The van der Waals surface area contributed by atoms with Gasteiger partial charge in [-0.3, -0.25) is 0 Å². The quantitative estimate of drug-likeness (QED) is 0.359. The summed E-state index contributed by atoms with van der Waals surface area (Å²) in [5, 5.41) is 0. The molecule has 0 aromatic rings. The standard InChI is InChI=1S/C9H18OSi/c1-6-7-9(2)8-10-11(3,4)5/h6-8H,1-5H3/b7-6+,9-8+. The molecular weight excluding hydrogens is 152 g/mol. The SMILES string of the molecule is C/C=C/C(C)=C/O[Si](C)(C)C. The molecule has 0 aromatic carbocycles. The summed E-state index contributed by atoms with van der Waals surface area (Å²) in [5.41, 5.74) is 1.18. The van der Waals surface area contributed by atoms with Crippen LogP contribution < -0.4 is 0 Å². The lowest BCUT2D eigenvalue weighted by Gasteiger charge is -2.15. The lowest BCUT2D eigenvalue weighted by molar-refractivity contribution is 0.475. The molecule has 0 aliphatic heterocycles. The van der Waals surface area contributed by atoms with Gasteiger partial charge in [-0.25, -0.2) is 0 Å². The van der Waals surface area contributed by atoms with Gasteiger partial charge in [-0.1, -0.05) is 12.2 Å². The summed E-state index contributed by atoms with van der Waals surface area (Å²) in [6.45, 7) is 10.6. The van der Waals surface area contributed by atoms with E-state index in [1.807, 2.05) is 32.3 Å². The first kappa shape index (κ1) is 10.5. The van der Waals surface area contributed by atoms with Crippen LogP contribution in [0.3, 0.4) is 0 Å². The molecule has 64 valence electrons. The van der Waals surface area contributed by atoms with Crippen LogP contribution >= 0.6 is 0 Å². The van der Waals surface area contributed by atoms with Gasteiger partial charge in [0.05, 0.1) is 6.26 Å². The molecule has 1 nitrogen and oxygen atoms in total. The molecule has 0 fully saturated rings. The molecule has 0 spiro atoms. The summed E-state index contributed by atoms with van der Waals surface area (Å²) in [7, 11) is -1.36. The topological polar surface area (TPSA) is 9.23 Å². The van der Waals surface area contributed by atoms with E-state index in [0.29, 0.717) is 0 Å². The molecule has 0 rings (SSSR count). The molecule has 0 N–H and O–H groups in total. The molecule has 0 aliphatic rings. The second-order valence-electron chi connectivity index (χ2n) is 3.59. The highest BCUT2D eigenvalue weighted by Gasteiger charge is 2.12. The third-order valence-corrected chi connectivity index (χ3v) is 1.85. The van der Waals surface area contributed by atoms with Crippen molar-refractivity contribution in [3.63, 3.8) is 0 Å². The van der Waals surface area contributed by atoms with Crippen molar-refractivity contribution < 1.29 is 4.43 Å². The first-order valence-electron chi connectivity index (χ1n) is 3.93. The molecule has 0 saturated carbocycles. The number of hydrogen-bond acceptors (Lipinski definition) is 1. The Balaban J connectivity index is 3.93. The van der Waals surface area contributed by atoms with Gasteiger partial charge in [0.2, 0.25) is 8.32 Å². The molecule has 0 radical (unpaired) electrons. The molecule has 0 unspecified atom stereocenters. The van der Waals surface area contributed by atoms with Crippen molar-refractivity contribution in [2.24, 2.45) is 0 Å². The zero-order valence-corrected chi connectivity index (χ0v) is 9.14. The zero-order valence-electron chi connectivity index (χ0n) is 8.14. The lowest BCUT2D eigenvalue weighted by Crippen LogP contribution is -2.22. The highest BCUT2D eigenvalue weighted by Crippen LogP contribution is 2.05. The molecule has 0 heterocycles. The van der Waals surface area contributed by atoms with Gasteiger partial charge in [0, 0.05) is 0 Å². The lowest BCUT2D eigenvalue weighted by atomic mass is 10.3. The van der Waals surface area contributed by atoms with Crippen LogP contribution in [0.2, 0.25) is 19.6 Å². The van der Waals surface area contributed by atoms with Crippen molar-refractivity contribution in [2.45, 2.75) is 33.5 Å². The third kappa shape index (κ3) is 7.39. The maximum Gasteiger partial charge on any atom is 0.241 e.